The van der Waals surface area contributed by atoms with Crippen LogP contribution in [0.5, 0.6) is 0 Å². The summed E-state index contributed by atoms with van der Waals surface area (Å²) in [4.78, 5) is 25.5. The minimum Gasteiger partial charge on any atom is -0.465 e. The topological polar surface area (TPSA) is 58.6 Å². The molecule has 1 aromatic carbocycles. The molecule has 0 aliphatic rings. The summed E-state index contributed by atoms with van der Waals surface area (Å²) in [7, 11) is 0. The summed E-state index contributed by atoms with van der Waals surface area (Å²) < 4.78 is 17.8. The molecular weight excluding hydrogens is 299 g/mol. The zero-order valence-electron chi connectivity index (χ0n) is 14.1. The first kappa shape index (κ1) is 19.1. The summed E-state index contributed by atoms with van der Waals surface area (Å²) in [6.07, 6.45) is 0. The molecule has 0 aliphatic heterocycles. The van der Waals surface area contributed by atoms with Gasteiger partial charge in [0, 0.05) is 6.04 Å². The molecule has 1 N–H and O–H groups in total. The van der Waals surface area contributed by atoms with E-state index >= 15 is 0 Å². The summed E-state index contributed by atoms with van der Waals surface area (Å²) in [6, 6.07) is 5.79. The Kier molecular flexibility index (Phi) is 7.68. The van der Waals surface area contributed by atoms with Gasteiger partial charge in [0.15, 0.2) is 0 Å². The fourth-order valence-corrected chi connectivity index (χ4v) is 2.10. The minimum absolute atomic E-state index is 0.0336. The molecule has 23 heavy (non-hydrogen) atoms. The molecule has 0 fully saturated rings. The molecule has 0 bridgehead atoms. The number of benzene rings is 1. The third kappa shape index (κ3) is 6.78. The Labute approximate surface area is 136 Å². The van der Waals surface area contributed by atoms with Crippen molar-refractivity contribution in [1.29, 1.82) is 0 Å². The molecule has 1 aromatic rings. The van der Waals surface area contributed by atoms with Crippen molar-refractivity contribution in [2.24, 2.45) is 0 Å². The number of hydrogen-bond donors (Lipinski definition) is 1. The molecule has 0 radical (unpaired) electrons. The molecule has 1 rings (SSSR count). The van der Waals surface area contributed by atoms with Gasteiger partial charge in [-0.25, -0.2) is 4.39 Å². The smallest absolute Gasteiger partial charge is 0.320 e. The second kappa shape index (κ2) is 9.25. The Morgan fingerprint density at radius 1 is 1.17 bits per heavy atom. The van der Waals surface area contributed by atoms with Crippen LogP contribution in [0, 0.1) is 5.82 Å². The lowest BCUT2D eigenvalue weighted by Crippen LogP contribution is -2.44. The maximum atomic E-state index is 12.9. The number of nitrogens with zero attached hydrogens (tertiary/aromatic N) is 1. The first-order valence-electron chi connectivity index (χ1n) is 7.78. The fourth-order valence-electron chi connectivity index (χ4n) is 2.10. The van der Waals surface area contributed by atoms with Gasteiger partial charge in [0.1, 0.15) is 5.82 Å². The van der Waals surface area contributed by atoms with Crippen LogP contribution >= 0.6 is 0 Å². The van der Waals surface area contributed by atoms with Gasteiger partial charge in [0.05, 0.1) is 25.7 Å². The van der Waals surface area contributed by atoms with Crippen molar-refractivity contribution in [2.75, 3.05) is 19.7 Å². The van der Waals surface area contributed by atoms with Gasteiger partial charge >= 0.3 is 5.97 Å². The Balaban J connectivity index is 2.57. The number of hydrogen-bond acceptors (Lipinski definition) is 4. The molecule has 1 atom stereocenters. The third-order valence-corrected chi connectivity index (χ3v) is 3.46. The molecule has 6 heteroatoms. The molecule has 0 aromatic heterocycles. The van der Waals surface area contributed by atoms with Crippen molar-refractivity contribution in [1.82, 2.24) is 10.2 Å². The van der Waals surface area contributed by atoms with Crippen LogP contribution in [0.4, 0.5) is 4.39 Å². The molecule has 0 saturated carbocycles. The summed E-state index contributed by atoms with van der Waals surface area (Å²) in [6.45, 7) is 7.89. The number of halogens is 1. The van der Waals surface area contributed by atoms with Crippen LogP contribution < -0.4 is 5.32 Å². The highest BCUT2D eigenvalue weighted by atomic mass is 19.1. The number of rotatable bonds is 8. The van der Waals surface area contributed by atoms with Crippen LogP contribution in [0.15, 0.2) is 24.3 Å². The molecule has 5 nitrogen and oxygen atoms in total. The van der Waals surface area contributed by atoms with Crippen molar-refractivity contribution in [2.45, 2.75) is 39.8 Å². The number of ether oxygens (including phenoxy) is 1. The first-order chi connectivity index (χ1) is 10.8. The van der Waals surface area contributed by atoms with Gasteiger partial charge in [0.2, 0.25) is 5.91 Å². The van der Waals surface area contributed by atoms with E-state index in [0.29, 0.717) is 6.61 Å². The average Bonchev–Trinajstić information content (AvgIpc) is 2.47. The van der Waals surface area contributed by atoms with Gasteiger partial charge in [-0.2, -0.15) is 0 Å². The maximum Gasteiger partial charge on any atom is 0.320 e. The van der Waals surface area contributed by atoms with Crippen LogP contribution in [0.1, 0.15) is 39.3 Å². The lowest BCUT2D eigenvalue weighted by molar-refractivity contribution is -0.145. The Hall–Kier alpha value is -1.95. The SMILES string of the molecule is CCOC(=O)CN(CC(=O)N[C@H](C)c1ccc(F)cc1)C(C)C. The van der Waals surface area contributed by atoms with Gasteiger partial charge in [0.25, 0.3) is 0 Å². The number of amides is 1. The molecule has 0 heterocycles. The second-order valence-electron chi connectivity index (χ2n) is 5.64. The molecule has 0 saturated heterocycles. The van der Waals surface area contributed by atoms with Crippen LogP contribution in [0.2, 0.25) is 0 Å². The fraction of sp³-hybridized carbons (Fsp3) is 0.529. The second-order valence-corrected chi connectivity index (χ2v) is 5.64. The van der Waals surface area contributed by atoms with E-state index in [-0.39, 0.29) is 42.9 Å². The Morgan fingerprint density at radius 3 is 2.30 bits per heavy atom. The van der Waals surface area contributed by atoms with Gasteiger partial charge in [-0.15, -0.1) is 0 Å². The largest absolute Gasteiger partial charge is 0.465 e. The zero-order valence-corrected chi connectivity index (χ0v) is 14.1. The van der Waals surface area contributed by atoms with Crippen molar-refractivity contribution in [3.8, 4) is 0 Å². The first-order valence-corrected chi connectivity index (χ1v) is 7.78. The minimum atomic E-state index is -0.347. The highest BCUT2D eigenvalue weighted by Crippen LogP contribution is 2.12. The molecule has 1 amide bonds. The lowest BCUT2D eigenvalue weighted by Gasteiger charge is -2.25. The van der Waals surface area contributed by atoms with Crippen molar-refractivity contribution >= 4 is 11.9 Å². The van der Waals surface area contributed by atoms with Crippen LogP contribution in [-0.4, -0.2) is 42.5 Å². The van der Waals surface area contributed by atoms with Gasteiger partial charge in [-0.1, -0.05) is 12.1 Å². The lowest BCUT2D eigenvalue weighted by atomic mass is 10.1. The number of carbonyl (C=O) groups is 2. The van der Waals surface area contributed by atoms with Crippen LogP contribution in [0.3, 0.4) is 0 Å². The highest BCUT2D eigenvalue weighted by Gasteiger charge is 2.19. The summed E-state index contributed by atoms with van der Waals surface area (Å²) in [5.74, 6) is -0.854. The van der Waals surface area contributed by atoms with Gasteiger partial charge in [-0.3, -0.25) is 14.5 Å². The van der Waals surface area contributed by atoms with Crippen molar-refractivity contribution < 1.29 is 18.7 Å². The van der Waals surface area contributed by atoms with E-state index in [0.717, 1.165) is 5.56 Å². The standard InChI is InChI=1S/C17H25FN2O3/c1-5-23-17(22)11-20(12(2)3)10-16(21)19-13(4)14-6-8-15(18)9-7-14/h6-9,12-13H,5,10-11H2,1-4H3,(H,19,21)/t13-/m1/s1. The number of nitrogens with one attached hydrogen (secondary N) is 1. The summed E-state index contributed by atoms with van der Waals surface area (Å²) in [5.41, 5.74) is 0.821. The van der Waals surface area contributed by atoms with Crippen molar-refractivity contribution in [3.05, 3.63) is 35.6 Å². The monoisotopic (exact) mass is 324 g/mol. The molecule has 128 valence electrons. The van der Waals surface area contributed by atoms with Crippen molar-refractivity contribution in [3.63, 3.8) is 0 Å². The predicted octanol–water partition coefficient (Wildman–Crippen LogP) is 2.28. The van der Waals surface area contributed by atoms with E-state index < -0.39 is 0 Å². The number of carbonyl (C=O) groups excluding carboxylic acids is 2. The molecule has 0 unspecified atom stereocenters. The molecular formula is C17H25FN2O3. The van der Waals surface area contributed by atoms with E-state index in [1.54, 1.807) is 24.0 Å². The van der Waals surface area contributed by atoms with E-state index in [1.807, 2.05) is 20.8 Å². The van der Waals surface area contributed by atoms with Gasteiger partial charge in [-0.05, 0) is 45.4 Å². The summed E-state index contributed by atoms with van der Waals surface area (Å²) >= 11 is 0. The maximum absolute atomic E-state index is 12.9. The Bertz CT molecular complexity index is 517. The molecule has 0 aliphatic carbocycles. The van der Waals surface area contributed by atoms with Crippen LogP contribution in [0.25, 0.3) is 0 Å². The molecule has 0 spiro atoms. The number of esters is 1. The van der Waals surface area contributed by atoms with E-state index in [9.17, 15) is 14.0 Å². The normalized spacial score (nSPS) is 12.3. The quantitative estimate of drug-likeness (QED) is 0.745. The van der Waals surface area contributed by atoms with Crippen LogP contribution in [-0.2, 0) is 14.3 Å². The van der Waals surface area contributed by atoms with E-state index in [1.165, 1.54) is 12.1 Å². The average molecular weight is 324 g/mol. The third-order valence-electron chi connectivity index (χ3n) is 3.46. The predicted molar refractivity (Wildman–Crippen MR) is 86.3 cm³/mol. The van der Waals surface area contributed by atoms with E-state index in [2.05, 4.69) is 5.32 Å². The summed E-state index contributed by atoms with van der Waals surface area (Å²) in [5, 5.41) is 2.85. The zero-order chi connectivity index (χ0) is 17.4. The highest BCUT2D eigenvalue weighted by molar-refractivity contribution is 5.79. The Morgan fingerprint density at radius 2 is 1.78 bits per heavy atom. The van der Waals surface area contributed by atoms with Gasteiger partial charge < -0.3 is 10.1 Å². The van der Waals surface area contributed by atoms with E-state index in [4.69, 9.17) is 4.74 Å².